The number of oxazole rings is 1. The van der Waals surface area contributed by atoms with Gasteiger partial charge in [-0.1, -0.05) is 19.1 Å². The van der Waals surface area contributed by atoms with Gasteiger partial charge in [0.1, 0.15) is 5.82 Å². The molecule has 4 aromatic rings. The molecule has 2 N–H and O–H groups in total. The Kier molecular flexibility index (Phi) is 4.78. The minimum absolute atomic E-state index is 0.0470. The number of H-pyrrole nitrogens is 1. The molecule has 0 spiro atoms. The van der Waals surface area contributed by atoms with Crippen molar-refractivity contribution < 1.29 is 12.8 Å². The van der Waals surface area contributed by atoms with Crippen molar-refractivity contribution in [2.45, 2.75) is 18.2 Å². The van der Waals surface area contributed by atoms with Gasteiger partial charge in [-0.15, -0.1) is 0 Å². The fourth-order valence-electron chi connectivity index (χ4n) is 3.05. The monoisotopic (exact) mass is 426 g/mol. The van der Waals surface area contributed by atoms with Crippen LogP contribution in [0.15, 0.2) is 67.4 Å². The lowest BCUT2D eigenvalue weighted by Crippen LogP contribution is -2.13. The van der Waals surface area contributed by atoms with Crippen molar-refractivity contribution in [1.29, 1.82) is 0 Å². The van der Waals surface area contributed by atoms with Crippen molar-refractivity contribution in [3.8, 4) is 11.4 Å². The van der Waals surface area contributed by atoms with E-state index in [1.54, 1.807) is 24.3 Å². The summed E-state index contributed by atoms with van der Waals surface area (Å²) >= 11 is 0. The molecule has 10 heteroatoms. The summed E-state index contributed by atoms with van der Waals surface area (Å²) < 4.78 is 34.5. The second kappa shape index (κ2) is 7.30. The third kappa shape index (κ3) is 3.64. The standard InChI is InChI=1S/C20H18N4O5S/c1-3-13-10-18(25)22-19(21-13)12-5-4-6-14(9-12)23-30(27,28)15-7-8-16-17(11-15)29-20(26)24(16)2/h4-11,23H,3H2,1-2H3,(H,21,22,25). The van der Waals surface area contributed by atoms with Crippen molar-refractivity contribution in [3.05, 3.63) is 75.1 Å². The van der Waals surface area contributed by atoms with Crippen LogP contribution in [0.1, 0.15) is 12.6 Å². The van der Waals surface area contributed by atoms with Gasteiger partial charge in [-0.25, -0.2) is 18.2 Å². The summed E-state index contributed by atoms with van der Waals surface area (Å²) in [4.78, 5) is 30.5. The van der Waals surface area contributed by atoms with Crippen LogP contribution in [-0.2, 0) is 23.5 Å². The Morgan fingerprint density at radius 1 is 1.13 bits per heavy atom. The van der Waals surface area contributed by atoms with Crippen LogP contribution >= 0.6 is 0 Å². The molecule has 9 nitrogen and oxygen atoms in total. The van der Waals surface area contributed by atoms with E-state index < -0.39 is 15.8 Å². The first-order valence-corrected chi connectivity index (χ1v) is 10.6. The van der Waals surface area contributed by atoms with Gasteiger partial charge in [-0.3, -0.25) is 14.1 Å². The van der Waals surface area contributed by atoms with Crippen LogP contribution < -0.4 is 16.0 Å². The number of aromatic nitrogens is 3. The topological polar surface area (TPSA) is 127 Å². The third-order valence-electron chi connectivity index (χ3n) is 4.62. The zero-order valence-corrected chi connectivity index (χ0v) is 17.0. The number of aromatic amines is 1. The average molecular weight is 426 g/mol. The van der Waals surface area contributed by atoms with Gasteiger partial charge < -0.3 is 9.40 Å². The van der Waals surface area contributed by atoms with Crippen LogP contribution in [0.3, 0.4) is 0 Å². The summed E-state index contributed by atoms with van der Waals surface area (Å²) in [6.45, 7) is 1.89. The highest BCUT2D eigenvalue weighted by Crippen LogP contribution is 2.23. The lowest BCUT2D eigenvalue weighted by Gasteiger charge is -2.10. The van der Waals surface area contributed by atoms with Crippen molar-refractivity contribution in [2.75, 3.05) is 4.72 Å². The van der Waals surface area contributed by atoms with Gasteiger partial charge in [-0.2, -0.15) is 0 Å². The average Bonchev–Trinajstić information content (AvgIpc) is 3.00. The molecule has 154 valence electrons. The van der Waals surface area contributed by atoms with Crippen LogP contribution in [0.2, 0.25) is 0 Å². The third-order valence-corrected chi connectivity index (χ3v) is 6.00. The Bertz CT molecular complexity index is 1480. The summed E-state index contributed by atoms with van der Waals surface area (Å²) in [6.07, 6.45) is 0.599. The number of aryl methyl sites for hydroxylation is 2. The molecule has 2 aromatic heterocycles. The molecule has 0 radical (unpaired) electrons. The smallest absolute Gasteiger partial charge is 0.408 e. The normalized spacial score (nSPS) is 11.7. The minimum Gasteiger partial charge on any atom is -0.408 e. The summed E-state index contributed by atoms with van der Waals surface area (Å²) in [5.74, 6) is -0.219. The van der Waals surface area contributed by atoms with E-state index in [0.29, 0.717) is 34.7 Å². The van der Waals surface area contributed by atoms with Crippen LogP contribution in [0, 0.1) is 0 Å². The molecule has 2 heterocycles. The second-order valence-electron chi connectivity index (χ2n) is 6.68. The Balaban J connectivity index is 1.69. The number of nitrogens with one attached hydrogen (secondary N) is 2. The van der Waals surface area contributed by atoms with Gasteiger partial charge >= 0.3 is 5.76 Å². The number of nitrogens with zero attached hydrogens (tertiary/aromatic N) is 2. The first-order chi connectivity index (χ1) is 14.3. The van der Waals surface area contributed by atoms with Crippen molar-refractivity contribution in [2.24, 2.45) is 7.05 Å². The van der Waals surface area contributed by atoms with Gasteiger partial charge in [0.2, 0.25) is 0 Å². The van der Waals surface area contributed by atoms with Crippen molar-refractivity contribution in [3.63, 3.8) is 0 Å². The van der Waals surface area contributed by atoms with Gasteiger partial charge in [0.15, 0.2) is 5.58 Å². The van der Waals surface area contributed by atoms with Crippen LogP contribution in [0.5, 0.6) is 0 Å². The van der Waals surface area contributed by atoms with Crippen LogP contribution in [0.4, 0.5) is 5.69 Å². The number of anilines is 1. The number of hydrogen-bond acceptors (Lipinski definition) is 6. The molecule has 0 aliphatic heterocycles. The van der Waals surface area contributed by atoms with Crippen LogP contribution in [0.25, 0.3) is 22.5 Å². The fraction of sp³-hybridized carbons (Fsp3) is 0.150. The highest BCUT2D eigenvalue weighted by Gasteiger charge is 2.17. The maximum atomic E-state index is 12.8. The Hall–Kier alpha value is -3.66. The lowest BCUT2D eigenvalue weighted by atomic mass is 10.2. The Morgan fingerprint density at radius 3 is 2.70 bits per heavy atom. The maximum absolute atomic E-state index is 12.8. The van der Waals surface area contributed by atoms with E-state index in [9.17, 15) is 18.0 Å². The van der Waals surface area contributed by atoms with E-state index >= 15 is 0 Å². The number of hydrogen-bond donors (Lipinski definition) is 2. The van der Waals surface area contributed by atoms with Gasteiger partial charge in [0, 0.05) is 36.1 Å². The lowest BCUT2D eigenvalue weighted by molar-refractivity contribution is 0.527. The molecule has 0 aliphatic carbocycles. The van der Waals surface area contributed by atoms with Crippen molar-refractivity contribution >= 4 is 26.8 Å². The molecule has 0 amide bonds. The second-order valence-corrected chi connectivity index (χ2v) is 8.36. The number of sulfonamides is 1. The van der Waals surface area contributed by atoms with E-state index in [0.717, 1.165) is 0 Å². The molecule has 0 atom stereocenters. The number of rotatable bonds is 5. The first kappa shape index (κ1) is 19.6. The number of benzene rings is 2. The molecule has 0 fully saturated rings. The zero-order valence-electron chi connectivity index (χ0n) is 16.2. The summed E-state index contributed by atoms with van der Waals surface area (Å²) in [5.41, 5.74) is 1.89. The molecular weight excluding hydrogens is 408 g/mol. The largest absolute Gasteiger partial charge is 0.419 e. The molecule has 30 heavy (non-hydrogen) atoms. The van der Waals surface area contributed by atoms with E-state index in [2.05, 4.69) is 14.7 Å². The molecule has 0 saturated carbocycles. The van der Waals surface area contributed by atoms with E-state index in [1.165, 1.54) is 35.9 Å². The van der Waals surface area contributed by atoms with E-state index in [-0.39, 0.29) is 16.0 Å². The molecule has 0 saturated heterocycles. The fourth-order valence-corrected chi connectivity index (χ4v) is 4.12. The van der Waals surface area contributed by atoms with E-state index in [4.69, 9.17) is 4.42 Å². The molecular formula is C20H18N4O5S. The van der Waals surface area contributed by atoms with Crippen molar-refractivity contribution in [1.82, 2.24) is 14.5 Å². The molecule has 2 aromatic carbocycles. The maximum Gasteiger partial charge on any atom is 0.419 e. The molecule has 0 unspecified atom stereocenters. The van der Waals surface area contributed by atoms with Gasteiger partial charge in [-0.05, 0) is 30.7 Å². The quantitative estimate of drug-likeness (QED) is 0.504. The predicted octanol–water partition coefficient (Wildman–Crippen LogP) is 2.25. The number of fused-ring (bicyclic) bond motifs is 1. The molecule has 0 aliphatic rings. The van der Waals surface area contributed by atoms with Crippen LogP contribution in [-0.4, -0.2) is 23.0 Å². The highest BCUT2D eigenvalue weighted by atomic mass is 32.2. The highest BCUT2D eigenvalue weighted by molar-refractivity contribution is 7.92. The molecule has 0 bridgehead atoms. The molecule has 4 rings (SSSR count). The minimum atomic E-state index is -3.94. The Morgan fingerprint density at radius 2 is 1.93 bits per heavy atom. The zero-order chi connectivity index (χ0) is 21.5. The van der Waals surface area contributed by atoms with Gasteiger partial charge in [0.25, 0.3) is 15.6 Å². The summed E-state index contributed by atoms with van der Waals surface area (Å²) in [5, 5.41) is 0. The summed E-state index contributed by atoms with van der Waals surface area (Å²) in [6, 6.07) is 12.2. The first-order valence-electron chi connectivity index (χ1n) is 9.10. The van der Waals surface area contributed by atoms with E-state index in [1.807, 2.05) is 6.92 Å². The predicted molar refractivity (Wildman–Crippen MR) is 112 cm³/mol. The Labute approximate surface area is 171 Å². The SMILES string of the molecule is CCc1cc(=O)[nH]c(-c2cccc(NS(=O)(=O)c3ccc4c(c3)oc(=O)n4C)c2)n1. The van der Waals surface area contributed by atoms with Gasteiger partial charge in [0.05, 0.1) is 10.4 Å². The summed E-state index contributed by atoms with van der Waals surface area (Å²) in [7, 11) is -2.40.